The van der Waals surface area contributed by atoms with Crippen molar-refractivity contribution in [2.24, 2.45) is 40.3 Å². The van der Waals surface area contributed by atoms with Crippen molar-refractivity contribution >= 4 is 148 Å². The zero-order valence-corrected chi connectivity index (χ0v) is 63.0. The minimum atomic E-state index is -1.90. The third kappa shape index (κ3) is 32.6. The molecular formula is C65H100N24O23S. The number of aliphatic hydroxyl groups is 3. The van der Waals surface area contributed by atoms with E-state index in [4.69, 9.17) is 39.8 Å². The maximum atomic E-state index is 14.2. The second-order valence-electron chi connectivity index (χ2n) is 26.2. The number of likely N-dealkylation sites (tertiary alicyclic amines) is 1. The molecule has 1 aliphatic rings. The largest absolute Gasteiger partial charge is 0.394 e. The third-order valence-corrected chi connectivity index (χ3v) is 17.1. The van der Waals surface area contributed by atoms with E-state index in [1.165, 1.54) is 20.0 Å². The van der Waals surface area contributed by atoms with Crippen molar-refractivity contribution < 1.29 is 111 Å². The van der Waals surface area contributed by atoms with Crippen LogP contribution in [0.5, 0.6) is 0 Å². The number of primary amides is 5. The van der Waals surface area contributed by atoms with Gasteiger partial charge in [-0.05, 0) is 56.6 Å². The number of carbonyl (C=O) groups is 20. The smallest absolute Gasteiger partial charge is 0.245 e. The summed E-state index contributed by atoms with van der Waals surface area (Å²) >= 11 is 4.09. The summed E-state index contributed by atoms with van der Waals surface area (Å²) in [5, 5.41) is 73.7. The Bertz CT molecular complexity index is 3840. The lowest BCUT2D eigenvalue weighted by molar-refractivity contribution is -0.143. The van der Waals surface area contributed by atoms with Gasteiger partial charge in [0.05, 0.1) is 58.2 Å². The molecule has 2 aromatic rings. The molecule has 3 rings (SSSR count). The summed E-state index contributed by atoms with van der Waals surface area (Å²) in [5.74, 6) is -22.8. The van der Waals surface area contributed by atoms with Gasteiger partial charge in [0, 0.05) is 55.7 Å². The average Bonchev–Trinajstić information content (AvgIpc) is 1.69. The molecule has 0 saturated carbocycles. The summed E-state index contributed by atoms with van der Waals surface area (Å²) in [6.07, 6.45) is -3.41. The number of nitrogens with two attached hydrogens (primary N) is 6. The highest BCUT2D eigenvalue weighted by molar-refractivity contribution is 7.80. The zero-order chi connectivity index (χ0) is 85.1. The van der Waals surface area contributed by atoms with Crippen LogP contribution in [0, 0.1) is 11.3 Å². The normalized spacial score (nSPS) is 15.5. The topological polar surface area (TPSA) is 782 Å². The summed E-state index contributed by atoms with van der Waals surface area (Å²) in [5.41, 5.74) is 32.4. The highest BCUT2D eigenvalue weighted by Gasteiger charge is 2.41. The Morgan fingerprint density at radius 3 is 1.50 bits per heavy atom. The summed E-state index contributed by atoms with van der Waals surface area (Å²) in [6.45, 7) is 0.199. The minimum absolute atomic E-state index is 0.0202. The number of hydrogen-bond donors (Lipinski definition) is 27. The average molecular weight is 1620 g/mol. The lowest BCUT2D eigenvalue weighted by Crippen LogP contribution is -2.61. The number of rotatable bonds is 49. The second kappa shape index (κ2) is 47.0. The van der Waals surface area contributed by atoms with Gasteiger partial charge in [-0.25, -0.2) is 0 Å². The first kappa shape index (κ1) is 94.9. The van der Waals surface area contributed by atoms with Crippen molar-refractivity contribution in [3.8, 4) is 0 Å². The molecule has 32 N–H and O–H groups in total. The summed E-state index contributed by atoms with van der Waals surface area (Å²) in [4.78, 5) is 265. The fraction of sp³-hybridized carbons (Fsp3) is 0.554. The number of hydrogen-bond acceptors (Lipinski definition) is 25. The molecule has 1 fully saturated rings. The number of H-pyrrole nitrogens is 1. The molecule has 0 spiro atoms. The number of thiol groups is 1. The molecule has 624 valence electrons. The molecule has 1 saturated heterocycles. The fourth-order valence-corrected chi connectivity index (χ4v) is 11.3. The molecule has 1 aromatic heterocycles. The maximum Gasteiger partial charge on any atom is 0.245 e. The molecule has 48 heteroatoms. The lowest BCUT2D eigenvalue weighted by Gasteiger charge is -2.30. The van der Waals surface area contributed by atoms with E-state index in [1.54, 1.807) is 24.3 Å². The van der Waals surface area contributed by atoms with Gasteiger partial charge in [0.1, 0.15) is 72.5 Å². The van der Waals surface area contributed by atoms with Crippen LogP contribution in [0.25, 0.3) is 10.9 Å². The van der Waals surface area contributed by atoms with Gasteiger partial charge < -0.3 is 139 Å². The molecule has 13 atom stereocenters. The Labute approximate surface area is 650 Å². The van der Waals surface area contributed by atoms with Gasteiger partial charge in [0.15, 0.2) is 5.96 Å². The van der Waals surface area contributed by atoms with E-state index in [1.807, 2.05) is 5.32 Å². The van der Waals surface area contributed by atoms with Crippen molar-refractivity contribution in [1.29, 1.82) is 5.41 Å². The van der Waals surface area contributed by atoms with Crippen LogP contribution < -0.4 is 114 Å². The Kier molecular flexibility index (Phi) is 39.5. The monoisotopic (exact) mass is 1620 g/mol. The number of aromatic nitrogens is 1. The third-order valence-electron chi connectivity index (χ3n) is 16.8. The lowest BCUT2D eigenvalue weighted by atomic mass is 10.0. The van der Waals surface area contributed by atoms with Crippen molar-refractivity contribution in [3.63, 3.8) is 0 Å². The van der Waals surface area contributed by atoms with Crippen LogP contribution in [0.4, 0.5) is 0 Å². The molecule has 0 bridgehead atoms. The molecule has 0 unspecified atom stereocenters. The van der Waals surface area contributed by atoms with E-state index < -0.39 is 261 Å². The van der Waals surface area contributed by atoms with Crippen molar-refractivity contribution in [3.05, 3.63) is 36.0 Å². The first-order valence-corrected chi connectivity index (χ1v) is 35.7. The standard InChI is InChI=1S/C65H100N24O23S/c1-28(2)51(62(110)86-42(27-113)56(104)77-22-48(98)79-38(19-46(68)96)59(107)82-39(20-47(69)97)60(108)81-36(53(70)101)18-45(67)95)87-49(99)23-75-54(102)40(25-90)84-58(106)37(17-31-21-74-33-10-6-5-9-32(31)33)83-63(111)52(29(3)92)88-50(100)24-76-55(103)41(26-91)85-61(109)43-12-8-16-89(43)64(112)35(11-7-15-73-65(71)72)80-57(105)34(78-30(4)93)13-14-44(66)94/h5-6,9-10,21,28-29,34-43,51-52,74,90-92,113H,7-8,11-20,22-27H2,1-4H3,(H2,66,94)(H2,67,95)(H2,68,96)(H2,69,97)(H2,70,101)(H,75,102)(H,76,103)(H,77,104)(H,78,93)(H,79,98)(H,80,105)(H,81,108)(H,82,107)(H,83,111)(H,84,106)(H,85,109)(H,86,110)(H,87,99)(H,88,100)(H4,71,72,73)/t29-,34+,35+,36+,37+,38+,39+,40+,41+,42+,43+,51+,52+/m1/s1. The predicted molar refractivity (Wildman–Crippen MR) is 395 cm³/mol. The maximum absolute atomic E-state index is 14.2. The van der Waals surface area contributed by atoms with Gasteiger partial charge in [-0.1, -0.05) is 32.0 Å². The number of para-hydroxylation sites is 1. The molecule has 2 heterocycles. The molecular weight excluding hydrogens is 1520 g/mol. The van der Waals surface area contributed by atoms with Gasteiger partial charge >= 0.3 is 0 Å². The Hall–Kier alpha value is -12.3. The van der Waals surface area contributed by atoms with E-state index >= 15 is 0 Å². The van der Waals surface area contributed by atoms with E-state index in [2.05, 4.69) is 92.0 Å². The molecule has 113 heavy (non-hydrogen) atoms. The van der Waals surface area contributed by atoms with Crippen LogP contribution in [0.15, 0.2) is 30.5 Å². The van der Waals surface area contributed by atoms with Gasteiger partial charge in [-0.2, -0.15) is 12.6 Å². The Balaban J connectivity index is 1.70. The summed E-state index contributed by atoms with van der Waals surface area (Å²) in [7, 11) is 0. The highest BCUT2D eigenvalue weighted by Crippen LogP contribution is 2.22. The van der Waals surface area contributed by atoms with Crippen LogP contribution in [-0.2, 0) is 102 Å². The van der Waals surface area contributed by atoms with Crippen LogP contribution in [0.3, 0.4) is 0 Å². The molecule has 0 radical (unpaired) electrons. The molecule has 1 aromatic carbocycles. The molecule has 47 nitrogen and oxygen atoms in total. The number of aromatic amines is 1. The number of amides is 20. The summed E-state index contributed by atoms with van der Waals surface area (Å²) in [6, 6.07) is -12.9. The number of aliphatic hydroxyl groups excluding tert-OH is 3. The van der Waals surface area contributed by atoms with E-state index in [-0.39, 0.29) is 64.0 Å². The number of nitrogens with zero attached hydrogens (tertiary/aromatic N) is 1. The second-order valence-corrected chi connectivity index (χ2v) is 26.6. The first-order chi connectivity index (χ1) is 53.1. The number of carbonyl (C=O) groups excluding carboxylic acids is 20. The van der Waals surface area contributed by atoms with Crippen LogP contribution in [0.1, 0.15) is 91.0 Å². The quantitative estimate of drug-likeness (QED) is 0.0127. The minimum Gasteiger partial charge on any atom is -0.394 e. The number of nitrogens with one attached hydrogen (secondary N) is 17. The number of benzene rings is 1. The van der Waals surface area contributed by atoms with Crippen molar-refractivity contribution in [1.82, 2.24) is 89.6 Å². The highest BCUT2D eigenvalue weighted by atomic mass is 32.1. The Morgan fingerprint density at radius 1 is 0.522 bits per heavy atom. The first-order valence-electron chi connectivity index (χ1n) is 35.1. The summed E-state index contributed by atoms with van der Waals surface area (Å²) < 4.78 is 0. The molecule has 0 aliphatic carbocycles. The zero-order valence-electron chi connectivity index (χ0n) is 62.1. The van der Waals surface area contributed by atoms with Crippen LogP contribution in [0.2, 0.25) is 0 Å². The van der Waals surface area contributed by atoms with Crippen LogP contribution in [-0.4, -0.2) is 280 Å². The Morgan fingerprint density at radius 2 is 0.982 bits per heavy atom. The van der Waals surface area contributed by atoms with E-state index in [0.717, 1.165) is 18.7 Å². The fourth-order valence-electron chi connectivity index (χ4n) is 11.0. The van der Waals surface area contributed by atoms with E-state index in [0.29, 0.717) is 16.5 Å². The van der Waals surface area contributed by atoms with Gasteiger partial charge in [0.2, 0.25) is 118 Å². The van der Waals surface area contributed by atoms with Crippen molar-refractivity contribution in [2.75, 3.05) is 51.7 Å². The predicted octanol–water partition coefficient (Wildman–Crippen LogP) is -14.0. The number of fused-ring (bicyclic) bond motifs is 1. The van der Waals surface area contributed by atoms with Gasteiger partial charge in [-0.15, -0.1) is 0 Å². The van der Waals surface area contributed by atoms with Gasteiger partial charge in [0.25, 0.3) is 0 Å². The SMILES string of the molecule is CC(=O)N[C@@H](CCC(N)=O)C(=O)N[C@@H](CCCNC(=N)N)C(=O)N1CCC[C@H]1C(=O)N[C@@H](CO)C(=O)NCC(=O)N[C@H](C(=O)N[C@@H](Cc1c[nH]c2ccccc12)C(=O)N[C@@H](CO)C(=O)NCC(=O)N[C@H](C(=O)N[C@@H](CS)C(=O)NCC(=O)N[C@@H](CC(N)=O)C(=O)N[C@@H](CC(N)=O)C(=O)N[C@@H](CC(N)=O)C(N)=O)C(C)C)[C@@H](C)O. The van der Waals surface area contributed by atoms with E-state index in [9.17, 15) is 111 Å². The molecule has 1 aliphatic heterocycles. The van der Waals surface area contributed by atoms with Crippen LogP contribution >= 0.6 is 12.6 Å². The van der Waals surface area contributed by atoms with Crippen molar-refractivity contribution in [2.45, 2.75) is 171 Å². The molecule has 20 amide bonds. The van der Waals surface area contributed by atoms with Gasteiger partial charge in [-0.3, -0.25) is 101 Å². The number of guanidine groups is 1.